The van der Waals surface area contributed by atoms with Crippen LogP contribution in [0.4, 0.5) is 0 Å². The minimum Gasteiger partial charge on any atom is -0.508 e. The van der Waals surface area contributed by atoms with Crippen molar-refractivity contribution in [3.63, 3.8) is 0 Å². The van der Waals surface area contributed by atoms with E-state index in [-0.39, 0.29) is 0 Å². The Labute approximate surface area is 73.6 Å². The molecular formula is C9H13BO2. The third-order valence-corrected chi connectivity index (χ3v) is 1.92. The SMILES string of the molecule is Bc1c(C)cc(OCC)cc1O. The van der Waals surface area contributed by atoms with Crippen LogP contribution < -0.4 is 10.2 Å². The van der Waals surface area contributed by atoms with E-state index in [1.54, 1.807) is 6.07 Å². The lowest BCUT2D eigenvalue weighted by Crippen LogP contribution is -2.08. The Morgan fingerprint density at radius 3 is 2.67 bits per heavy atom. The highest BCUT2D eigenvalue weighted by molar-refractivity contribution is 6.35. The molecule has 0 heterocycles. The predicted octanol–water partition coefficient (Wildman–Crippen LogP) is 0.358. The predicted molar refractivity (Wildman–Crippen MR) is 52.2 cm³/mol. The zero-order valence-corrected chi connectivity index (χ0v) is 7.72. The van der Waals surface area contributed by atoms with Crippen molar-refractivity contribution in [3.8, 4) is 11.5 Å². The first-order chi connectivity index (χ1) is 5.65. The van der Waals surface area contributed by atoms with Crippen LogP contribution in [0.5, 0.6) is 11.5 Å². The molecule has 0 spiro atoms. The second-order valence-electron chi connectivity index (χ2n) is 2.82. The fraction of sp³-hybridized carbons (Fsp3) is 0.333. The second kappa shape index (κ2) is 3.52. The summed E-state index contributed by atoms with van der Waals surface area (Å²) in [5.74, 6) is 1.04. The molecule has 0 aliphatic carbocycles. The molecule has 0 aliphatic rings. The number of benzene rings is 1. The summed E-state index contributed by atoms with van der Waals surface area (Å²) in [6.45, 7) is 4.51. The third-order valence-electron chi connectivity index (χ3n) is 1.92. The average molecular weight is 164 g/mol. The highest BCUT2D eigenvalue weighted by Crippen LogP contribution is 2.18. The van der Waals surface area contributed by atoms with Gasteiger partial charge in [-0.1, -0.05) is 5.56 Å². The van der Waals surface area contributed by atoms with Gasteiger partial charge in [0.25, 0.3) is 0 Å². The topological polar surface area (TPSA) is 29.5 Å². The molecule has 64 valence electrons. The summed E-state index contributed by atoms with van der Waals surface area (Å²) in [6.07, 6.45) is 0. The molecule has 0 aromatic heterocycles. The Morgan fingerprint density at radius 1 is 1.50 bits per heavy atom. The van der Waals surface area contributed by atoms with Crippen molar-refractivity contribution in [2.24, 2.45) is 0 Å². The first-order valence-electron chi connectivity index (χ1n) is 4.08. The highest BCUT2D eigenvalue weighted by atomic mass is 16.5. The number of hydrogen-bond acceptors (Lipinski definition) is 2. The van der Waals surface area contributed by atoms with Crippen LogP contribution in [0.1, 0.15) is 12.5 Å². The molecule has 0 fully saturated rings. The van der Waals surface area contributed by atoms with Gasteiger partial charge in [0, 0.05) is 6.07 Å². The number of hydrogen-bond donors (Lipinski definition) is 1. The van der Waals surface area contributed by atoms with Gasteiger partial charge >= 0.3 is 0 Å². The molecule has 3 heteroatoms. The molecule has 1 N–H and O–H groups in total. The van der Waals surface area contributed by atoms with E-state index in [0.29, 0.717) is 12.4 Å². The molecular weight excluding hydrogens is 151 g/mol. The quantitative estimate of drug-likeness (QED) is 0.639. The van der Waals surface area contributed by atoms with Crippen LogP contribution in [0.2, 0.25) is 0 Å². The zero-order chi connectivity index (χ0) is 9.14. The number of phenols is 1. The van der Waals surface area contributed by atoms with Crippen LogP contribution in [0.3, 0.4) is 0 Å². The molecule has 0 radical (unpaired) electrons. The first kappa shape index (κ1) is 8.98. The fourth-order valence-electron chi connectivity index (χ4n) is 1.06. The smallest absolute Gasteiger partial charge is 0.144 e. The molecule has 0 bridgehead atoms. The standard InChI is InChI=1S/C9H13BO2/c1-3-12-7-4-6(2)9(10)8(11)5-7/h4-5,11H,3,10H2,1-2H3. The van der Waals surface area contributed by atoms with Gasteiger partial charge < -0.3 is 9.84 Å². The molecule has 0 unspecified atom stereocenters. The van der Waals surface area contributed by atoms with Gasteiger partial charge in [0.15, 0.2) is 0 Å². The van der Waals surface area contributed by atoms with Crippen molar-refractivity contribution in [3.05, 3.63) is 17.7 Å². The Kier molecular flexibility index (Phi) is 2.63. The van der Waals surface area contributed by atoms with E-state index in [2.05, 4.69) is 0 Å². The fourth-order valence-corrected chi connectivity index (χ4v) is 1.06. The summed E-state index contributed by atoms with van der Waals surface area (Å²) in [5.41, 5.74) is 1.97. The summed E-state index contributed by atoms with van der Waals surface area (Å²) in [4.78, 5) is 0. The minimum atomic E-state index is 0.304. The molecule has 0 amide bonds. The summed E-state index contributed by atoms with van der Waals surface area (Å²) in [6, 6.07) is 3.57. The molecule has 0 atom stereocenters. The van der Waals surface area contributed by atoms with Gasteiger partial charge in [-0.05, 0) is 25.4 Å². The maximum atomic E-state index is 9.43. The van der Waals surface area contributed by atoms with Crippen LogP contribution in [0.25, 0.3) is 0 Å². The van der Waals surface area contributed by atoms with Crippen molar-refractivity contribution < 1.29 is 9.84 Å². The number of aromatic hydroxyl groups is 1. The number of phenolic OH excluding ortho intramolecular Hbond substituents is 1. The van der Waals surface area contributed by atoms with Crippen LogP contribution in [-0.4, -0.2) is 19.6 Å². The van der Waals surface area contributed by atoms with Crippen molar-refractivity contribution in [2.75, 3.05) is 6.61 Å². The third kappa shape index (κ3) is 1.73. The molecule has 2 nitrogen and oxygen atoms in total. The van der Waals surface area contributed by atoms with Gasteiger partial charge in [-0.3, -0.25) is 0 Å². The Bertz CT molecular complexity index is 261. The van der Waals surface area contributed by atoms with E-state index in [0.717, 1.165) is 16.8 Å². The summed E-state index contributed by atoms with van der Waals surface area (Å²) < 4.78 is 5.26. The van der Waals surface area contributed by atoms with Crippen molar-refractivity contribution in [2.45, 2.75) is 13.8 Å². The lowest BCUT2D eigenvalue weighted by molar-refractivity contribution is 0.337. The molecule has 0 saturated carbocycles. The average Bonchev–Trinajstić information content (AvgIpc) is 2.01. The minimum absolute atomic E-state index is 0.304. The van der Waals surface area contributed by atoms with E-state index < -0.39 is 0 Å². The van der Waals surface area contributed by atoms with E-state index in [1.807, 2.05) is 27.8 Å². The molecule has 1 aromatic rings. The summed E-state index contributed by atoms with van der Waals surface area (Å²) in [7, 11) is 1.89. The highest BCUT2D eigenvalue weighted by Gasteiger charge is 2.02. The lowest BCUT2D eigenvalue weighted by atomic mass is 9.90. The van der Waals surface area contributed by atoms with E-state index in [9.17, 15) is 5.11 Å². The van der Waals surface area contributed by atoms with Crippen LogP contribution >= 0.6 is 0 Å². The molecule has 0 aliphatic heterocycles. The van der Waals surface area contributed by atoms with Crippen LogP contribution in [0.15, 0.2) is 12.1 Å². The molecule has 0 saturated heterocycles. The number of ether oxygens (including phenoxy) is 1. The first-order valence-corrected chi connectivity index (χ1v) is 4.08. The van der Waals surface area contributed by atoms with Crippen LogP contribution in [0, 0.1) is 6.92 Å². The van der Waals surface area contributed by atoms with Gasteiger partial charge in [0.1, 0.15) is 19.3 Å². The lowest BCUT2D eigenvalue weighted by Gasteiger charge is -2.08. The summed E-state index contributed by atoms with van der Waals surface area (Å²) in [5, 5.41) is 9.43. The van der Waals surface area contributed by atoms with Gasteiger partial charge in [0.05, 0.1) is 6.61 Å². The summed E-state index contributed by atoms with van der Waals surface area (Å²) >= 11 is 0. The zero-order valence-electron chi connectivity index (χ0n) is 7.72. The van der Waals surface area contributed by atoms with Crippen molar-refractivity contribution >= 4 is 13.3 Å². The Hall–Kier alpha value is -1.12. The number of rotatable bonds is 2. The Morgan fingerprint density at radius 2 is 2.17 bits per heavy atom. The van der Waals surface area contributed by atoms with E-state index >= 15 is 0 Å². The number of aryl methyl sites for hydroxylation is 1. The van der Waals surface area contributed by atoms with E-state index in [1.165, 1.54) is 0 Å². The van der Waals surface area contributed by atoms with Gasteiger partial charge in [-0.15, -0.1) is 0 Å². The van der Waals surface area contributed by atoms with Gasteiger partial charge in [0.2, 0.25) is 0 Å². The molecule has 1 rings (SSSR count). The molecule has 1 aromatic carbocycles. The second-order valence-corrected chi connectivity index (χ2v) is 2.82. The van der Waals surface area contributed by atoms with Gasteiger partial charge in [-0.25, -0.2) is 0 Å². The van der Waals surface area contributed by atoms with Crippen molar-refractivity contribution in [1.29, 1.82) is 0 Å². The van der Waals surface area contributed by atoms with Crippen LogP contribution in [-0.2, 0) is 0 Å². The maximum Gasteiger partial charge on any atom is 0.144 e. The Balaban J connectivity index is 3.04. The largest absolute Gasteiger partial charge is 0.508 e. The van der Waals surface area contributed by atoms with Crippen molar-refractivity contribution in [1.82, 2.24) is 0 Å². The van der Waals surface area contributed by atoms with Gasteiger partial charge in [-0.2, -0.15) is 0 Å². The monoisotopic (exact) mass is 164 g/mol. The normalized spacial score (nSPS) is 9.83. The molecule has 12 heavy (non-hydrogen) atoms. The van der Waals surface area contributed by atoms with E-state index in [4.69, 9.17) is 4.74 Å². The maximum absolute atomic E-state index is 9.43.